The minimum absolute atomic E-state index is 0.180. The molecule has 2 rings (SSSR count). The number of carbonyl (C=O) groups is 1. The van der Waals surface area contributed by atoms with E-state index in [4.69, 9.17) is 17.3 Å². The van der Waals surface area contributed by atoms with Crippen molar-refractivity contribution >= 4 is 23.2 Å². The highest BCUT2D eigenvalue weighted by atomic mass is 35.5. The molecule has 3 nitrogen and oxygen atoms in total. The van der Waals surface area contributed by atoms with Gasteiger partial charge in [0.05, 0.1) is 10.6 Å². The summed E-state index contributed by atoms with van der Waals surface area (Å²) in [6, 6.07) is 7.61. The second-order valence-corrected chi connectivity index (χ2v) is 5.03. The molecule has 0 aliphatic heterocycles. The van der Waals surface area contributed by atoms with Crippen LogP contribution in [0.3, 0.4) is 0 Å². The fourth-order valence-corrected chi connectivity index (χ4v) is 2.17. The molecule has 0 aromatic heterocycles. The van der Waals surface area contributed by atoms with Gasteiger partial charge in [0, 0.05) is 17.8 Å². The predicted molar refractivity (Wildman–Crippen MR) is 78.4 cm³/mol. The number of benzene rings is 2. The van der Waals surface area contributed by atoms with Gasteiger partial charge in [0.1, 0.15) is 11.6 Å². The number of carbonyl (C=O) groups excluding carboxylic acids is 1. The van der Waals surface area contributed by atoms with Crippen molar-refractivity contribution in [1.82, 2.24) is 0 Å². The fraction of sp³-hybridized carbons (Fsp3) is 0.133. The lowest BCUT2D eigenvalue weighted by molar-refractivity contribution is 0.100. The molecule has 2 aromatic carbocycles. The van der Waals surface area contributed by atoms with Gasteiger partial charge in [-0.1, -0.05) is 11.6 Å². The second kappa shape index (κ2) is 6.10. The molecule has 0 fully saturated rings. The van der Waals surface area contributed by atoms with Gasteiger partial charge in [-0.2, -0.15) is 0 Å². The Bertz CT molecular complexity index is 671. The Labute approximate surface area is 125 Å². The van der Waals surface area contributed by atoms with Crippen molar-refractivity contribution in [2.45, 2.75) is 13.0 Å². The minimum atomic E-state index is -0.646. The molecule has 0 saturated heterocycles. The van der Waals surface area contributed by atoms with Crippen molar-refractivity contribution in [2.24, 2.45) is 5.73 Å². The van der Waals surface area contributed by atoms with Gasteiger partial charge in [-0.05, 0) is 42.8 Å². The van der Waals surface area contributed by atoms with E-state index in [1.807, 2.05) is 0 Å². The first kappa shape index (κ1) is 15.3. The number of nitrogens with two attached hydrogens (primary N) is 1. The van der Waals surface area contributed by atoms with E-state index < -0.39 is 17.5 Å². The van der Waals surface area contributed by atoms with Crippen molar-refractivity contribution in [3.63, 3.8) is 0 Å². The van der Waals surface area contributed by atoms with Crippen LogP contribution in [0.5, 0.6) is 0 Å². The van der Waals surface area contributed by atoms with E-state index in [1.54, 1.807) is 13.0 Å². The molecular weight excluding hydrogens is 298 g/mol. The third-order valence-electron chi connectivity index (χ3n) is 3.00. The van der Waals surface area contributed by atoms with Crippen LogP contribution in [-0.4, -0.2) is 5.91 Å². The maximum absolute atomic E-state index is 13.2. The van der Waals surface area contributed by atoms with Crippen LogP contribution in [0.1, 0.15) is 28.9 Å². The third kappa shape index (κ3) is 3.70. The number of halogens is 3. The van der Waals surface area contributed by atoms with Crippen molar-refractivity contribution in [3.05, 3.63) is 64.2 Å². The molecule has 1 amide bonds. The predicted octanol–water partition coefficient (Wildman–Crippen LogP) is 3.89. The van der Waals surface area contributed by atoms with Gasteiger partial charge in [0.25, 0.3) is 0 Å². The van der Waals surface area contributed by atoms with Crippen LogP contribution in [0.2, 0.25) is 5.02 Å². The standard InChI is InChI=1S/C15H13ClF2N2O/c1-8(9-4-10(17)6-11(18)5-9)20-12-2-3-14(16)13(7-12)15(19)21/h2-8,20H,1H3,(H2,19,21). The van der Waals surface area contributed by atoms with Gasteiger partial charge in [0.2, 0.25) is 5.91 Å². The zero-order valence-electron chi connectivity index (χ0n) is 11.2. The number of amides is 1. The van der Waals surface area contributed by atoms with Gasteiger partial charge < -0.3 is 11.1 Å². The molecule has 110 valence electrons. The molecule has 0 aliphatic rings. The summed E-state index contributed by atoms with van der Waals surface area (Å²) in [4.78, 5) is 11.2. The Morgan fingerprint density at radius 2 is 1.81 bits per heavy atom. The molecular formula is C15H13ClF2N2O. The Kier molecular flexibility index (Phi) is 4.43. The van der Waals surface area contributed by atoms with Gasteiger partial charge in [0.15, 0.2) is 0 Å². The average molecular weight is 311 g/mol. The lowest BCUT2D eigenvalue weighted by Crippen LogP contribution is -2.13. The molecule has 1 atom stereocenters. The lowest BCUT2D eigenvalue weighted by Gasteiger charge is -2.16. The molecule has 3 N–H and O–H groups in total. The van der Waals surface area contributed by atoms with Gasteiger partial charge >= 0.3 is 0 Å². The average Bonchev–Trinajstić information content (AvgIpc) is 2.39. The largest absolute Gasteiger partial charge is 0.378 e. The minimum Gasteiger partial charge on any atom is -0.378 e. The number of hydrogen-bond acceptors (Lipinski definition) is 2. The van der Waals surface area contributed by atoms with E-state index in [0.717, 1.165) is 6.07 Å². The Morgan fingerprint density at radius 3 is 2.38 bits per heavy atom. The van der Waals surface area contributed by atoms with Crippen LogP contribution in [0.4, 0.5) is 14.5 Å². The molecule has 21 heavy (non-hydrogen) atoms. The van der Waals surface area contributed by atoms with Crippen molar-refractivity contribution in [3.8, 4) is 0 Å². The molecule has 0 bridgehead atoms. The van der Waals surface area contributed by atoms with Crippen LogP contribution >= 0.6 is 11.6 Å². The molecule has 0 heterocycles. The molecule has 0 saturated carbocycles. The molecule has 0 radical (unpaired) electrons. The van der Waals surface area contributed by atoms with E-state index in [1.165, 1.54) is 24.3 Å². The summed E-state index contributed by atoms with van der Waals surface area (Å²) in [5, 5.41) is 3.28. The molecule has 1 unspecified atom stereocenters. The van der Waals surface area contributed by atoms with E-state index in [0.29, 0.717) is 11.3 Å². The molecule has 0 aliphatic carbocycles. The molecule has 0 spiro atoms. The summed E-state index contributed by atoms with van der Waals surface area (Å²) in [5.74, 6) is -1.94. The van der Waals surface area contributed by atoms with Gasteiger partial charge in [-0.3, -0.25) is 4.79 Å². The second-order valence-electron chi connectivity index (χ2n) is 4.63. The van der Waals surface area contributed by atoms with E-state index in [2.05, 4.69) is 5.32 Å². The van der Waals surface area contributed by atoms with E-state index in [-0.39, 0.29) is 16.6 Å². The summed E-state index contributed by atoms with van der Waals surface area (Å²) in [6.45, 7) is 1.74. The first-order chi connectivity index (χ1) is 9.86. The highest BCUT2D eigenvalue weighted by Gasteiger charge is 2.11. The third-order valence-corrected chi connectivity index (χ3v) is 3.33. The van der Waals surface area contributed by atoms with Crippen molar-refractivity contribution < 1.29 is 13.6 Å². The highest BCUT2D eigenvalue weighted by molar-refractivity contribution is 6.33. The summed E-state index contributed by atoms with van der Waals surface area (Å²) in [6.07, 6.45) is 0. The quantitative estimate of drug-likeness (QED) is 0.900. The van der Waals surface area contributed by atoms with Gasteiger partial charge in [-0.25, -0.2) is 8.78 Å². The monoisotopic (exact) mass is 310 g/mol. The lowest BCUT2D eigenvalue weighted by atomic mass is 10.1. The maximum atomic E-state index is 13.2. The molecule has 6 heteroatoms. The van der Waals surface area contributed by atoms with Gasteiger partial charge in [-0.15, -0.1) is 0 Å². The summed E-state index contributed by atoms with van der Waals surface area (Å²) in [5.41, 5.74) is 6.42. The molecule has 2 aromatic rings. The van der Waals surface area contributed by atoms with Crippen molar-refractivity contribution in [2.75, 3.05) is 5.32 Å². The maximum Gasteiger partial charge on any atom is 0.250 e. The fourth-order valence-electron chi connectivity index (χ4n) is 1.96. The summed E-state index contributed by atoms with van der Waals surface area (Å²) >= 11 is 5.86. The normalized spacial score (nSPS) is 12.0. The first-order valence-corrected chi connectivity index (χ1v) is 6.56. The zero-order chi connectivity index (χ0) is 15.6. The highest BCUT2D eigenvalue weighted by Crippen LogP contribution is 2.24. The number of nitrogens with one attached hydrogen (secondary N) is 1. The van der Waals surface area contributed by atoms with Crippen molar-refractivity contribution in [1.29, 1.82) is 0 Å². The van der Waals surface area contributed by atoms with Crippen LogP contribution in [0.15, 0.2) is 36.4 Å². The number of anilines is 1. The van der Waals surface area contributed by atoms with E-state index in [9.17, 15) is 13.6 Å². The topological polar surface area (TPSA) is 55.1 Å². The number of primary amides is 1. The SMILES string of the molecule is CC(Nc1ccc(Cl)c(C(N)=O)c1)c1cc(F)cc(F)c1. The Hall–Kier alpha value is -2.14. The van der Waals surface area contributed by atoms with E-state index >= 15 is 0 Å². The first-order valence-electron chi connectivity index (χ1n) is 6.18. The smallest absolute Gasteiger partial charge is 0.250 e. The summed E-state index contributed by atoms with van der Waals surface area (Å²) < 4.78 is 26.4. The number of rotatable bonds is 4. The van der Waals surface area contributed by atoms with Crippen LogP contribution in [0.25, 0.3) is 0 Å². The Balaban J connectivity index is 2.25. The van der Waals surface area contributed by atoms with Crippen LogP contribution in [-0.2, 0) is 0 Å². The Morgan fingerprint density at radius 1 is 1.19 bits per heavy atom. The number of hydrogen-bond donors (Lipinski definition) is 2. The van der Waals surface area contributed by atoms with Crippen LogP contribution < -0.4 is 11.1 Å². The zero-order valence-corrected chi connectivity index (χ0v) is 11.9. The summed E-state index contributed by atoms with van der Waals surface area (Å²) in [7, 11) is 0. The van der Waals surface area contributed by atoms with Crippen LogP contribution in [0, 0.1) is 11.6 Å².